The van der Waals surface area contributed by atoms with Crippen LogP contribution in [0.1, 0.15) is 11.3 Å². The molecule has 1 aromatic rings. The second-order valence-electron chi connectivity index (χ2n) is 2.84. The number of hydrogen-bond donors (Lipinski definition) is 0. The maximum Gasteiger partial charge on any atom is 0.423 e. The molecule has 0 fully saturated rings. The molecule has 0 spiro atoms. The number of nitrogens with zero attached hydrogens (tertiary/aromatic N) is 2. The average Bonchev–Trinajstić information content (AvgIpc) is 2.10. The van der Waals surface area contributed by atoms with E-state index in [2.05, 4.69) is 4.98 Å². The molecule has 0 aliphatic heterocycles. The van der Waals surface area contributed by atoms with Crippen LogP contribution in [0.25, 0.3) is 0 Å². The molecule has 1 rings (SSSR count). The maximum absolute atomic E-state index is 12.9. The van der Waals surface area contributed by atoms with Crippen molar-refractivity contribution in [3.05, 3.63) is 39.0 Å². The van der Waals surface area contributed by atoms with Gasteiger partial charge in [-0.2, -0.15) is 17.6 Å². The third-order valence-corrected chi connectivity index (χ3v) is 1.67. The second-order valence-corrected chi connectivity index (χ2v) is 2.84. The van der Waals surface area contributed by atoms with Crippen LogP contribution in [0.3, 0.4) is 0 Å². The molecule has 10 heteroatoms. The van der Waals surface area contributed by atoms with Crippen molar-refractivity contribution in [2.24, 2.45) is 0 Å². The summed E-state index contributed by atoms with van der Waals surface area (Å²) in [6.07, 6.45) is -5.48. The molecule has 1 heterocycles. The molecule has 0 saturated carbocycles. The first kappa shape index (κ1) is 13.2. The van der Waals surface area contributed by atoms with E-state index in [1.165, 1.54) is 0 Å². The van der Waals surface area contributed by atoms with Crippen LogP contribution in [0.5, 0.6) is 0 Å². The minimum atomic E-state index is -5.48. The van der Waals surface area contributed by atoms with Gasteiger partial charge in [-0.1, -0.05) is 0 Å². The molecule has 17 heavy (non-hydrogen) atoms. The first-order chi connectivity index (χ1) is 7.64. The van der Waals surface area contributed by atoms with Crippen LogP contribution < -0.4 is 0 Å². The highest BCUT2D eigenvalue weighted by atomic mass is 19.4. The summed E-state index contributed by atoms with van der Waals surface area (Å²) < 4.78 is 74.8. The number of pyridine rings is 1. The van der Waals surface area contributed by atoms with Crippen molar-refractivity contribution >= 4 is 0 Å². The van der Waals surface area contributed by atoms with Crippen molar-refractivity contribution in [3.8, 4) is 0 Å². The molecule has 0 aliphatic rings. The van der Waals surface area contributed by atoms with E-state index in [-0.39, 0.29) is 0 Å². The number of halogens is 6. The van der Waals surface area contributed by atoms with Crippen LogP contribution in [0.2, 0.25) is 0 Å². The molecule has 0 N–H and O–H groups in total. The molecule has 0 atom stereocenters. The molecule has 0 bridgehead atoms. The lowest BCUT2D eigenvalue weighted by Crippen LogP contribution is -2.17. The quantitative estimate of drug-likeness (QED) is 0.355. The van der Waals surface area contributed by atoms with Gasteiger partial charge in [-0.25, -0.2) is 13.8 Å². The van der Waals surface area contributed by atoms with Gasteiger partial charge < -0.3 is 0 Å². The van der Waals surface area contributed by atoms with Crippen molar-refractivity contribution in [1.29, 1.82) is 0 Å². The van der Waals surface area contributed by atoms with Crippen molar-refractivity contribution in [1.82, 2.24) is 4.98 Å². The third kappa shape index (κ3) is 2.63. The number of rotatable bonds is 2. The van der Waals surface area contributed by atoms with Gasteiger partial charge in [0.05, 0.1) is 0 Å². The summed E-state index contributed by atoms with van der Waals surface area (Å²) in [6, 6.07) is 0. The van der Waals surface area contributed by atoms with E-state index < -0.39 is 46.5 Å². The zero-order valence-electron chi connectivity index (χ0n) is 7.69. The van der Waals surface area contributed by atoms with E-state index in [0.29, 0.717) is 0 Å². The fourth-order valence-corrected chi connectivity index (χ4v) is 1.02. The summed E-state index contributed by atoms with van der Waals surface area (Å²) in [5.74, 6) is -7.06. The lowest BCUT2D eigenvalue weighted by atomic mass is 10.2. The molecule has 0 aromatic carbocycles. The van der Waals surface area contributed by atoms with Crippen molar-refractivity contribution in [3.63, 3.8) is 0 Å². The van der Waals surface area contributed by atoms with Crippen molar-refractivity contribution in [2.45, 2.75) is 12.7 Å². The summed E-state index contributed by atoms with van der Waals surface area (Å²) in [5, 5.41) is 9.96. The fourth-order valence-electron chi connectivity index (χ4n) is 1.02. The Morgan fingerprint density at radius 3 is 2.12 bits per heavy atom. The Hall–Kier alpha value is -1.87. The Morgan fingerprint density at radius 2 is 1.71 bits per heavy atom. The van der Waals surface area contributed by atoms with E-state index in [1.54, 1.807) is 0 Å². The summed E-state index contributed by atoms with van der Waals surface area (Å²) in [6.45, 7) is -1.42. The molecular weight excluding hydrogens is 258 g/mol. The molecule has 0 saturated heterocycles. The summed E-state index contributed by atoms with van der Waals surface area (Å²) in [5.41, 5.74) is -3.85. The Bertz CT molecular complexity index is 472. The van der Waals surface area contributed by atoms with Crippen molar-refractivity contribution < 1.29 is 31.3 Å². The van der Waals surface area contributed by atoms with Gasteiger partial charge in [0.15, 0.2) is 17.3 Å². The molecule has 94 valence electrons. The number of nitro groups is 1. The summed E-state index contributed by atoms with van der Waals surface area (Å²) in [4.78, 5) is 11.2. The zero-order chi connectivity index (χ0) is 13.4. The van der Waals surface area contributed by atoms with Gasteiger partial charge >= 0.3 is 6.18 Å². The van der Waals surface area contributed by atoms with Crippen LogP contribution in [-0.2, 0) is 12.7 Å². The lowest BCUT2D eigenvalue weighted by molar-refractivity contribution is -0.498. The van der Waals surface area contributed by atoms with E-state index in [4.69, 9.17) is 0 Å². The molecule has 4 nitrogen and oxygen atoms in total. The molecule has 1 aromatic heterocycles. The molecule has 0 amide bonds. The molecule has 0 radical (unpaired) electrons. The van der Waals surface area contributed by atoms with Crippen LogP contribution in [0, 0.1) is 27.7 Å². The van der Waals surface area contributed by atoms with E-state index in [9.17, 15) is 36.5 Å². The van der Waals surface area contributed by atoms with Crippen LogP contribution in [-0.4, -0.2) is 9.91 Å². The Balaban J connectivity index is 3.42. The largest absolute Gasteiger partial charge is 0.423 e. The minimum absolute atomic E-state index is 1.18. The summed E-state index contributed by atoms with van der Waals surface area (Å²) >= 11 is 0. The van der Waals surface area contributed by atoms with Crippen molar-refractivity contribution in [2.75, 3.05) is 0 Å². The first-order valence-corrected chi connectivity index (χ1v) is 3.87. The Morgan fingerprint density at radius 1 is 1.18 bits per heavy atom. The monoisotopic (exact) mass is 260 g/mol. The number of alkyl halides is 3. The lowest BCUT2D eigenvalue weighted by Gasteiger charge is -2.10. The third-order valence-electron chi connectivity index (χ3n) is 1.67. The standard InChI is InChI=1S/C7H2F6N2O2/c8-4-2(1-15(16)17)14-6(10)3(5(4)9)7(11,12)13/h1H2. The van der Waals surface area contributed by atoms with Crippen LogP contribution >= 0.6 is 0 Å². The molecule has 0 aliphatic carbocycles. The molecular formula is C7H2F6N2O2. The van der Waals surface area contributed by atoms with Gasteiger partial charge in [0, 0.05) is 4.92 Å². The normalized spacial score (nSPS) is 11.6. The maximum atomic E-state index is 12.9. The minimum Gasteiger partial charge on any atom is -0.264 e. The van der Waals surface area contributed by atoms with E-state index in [1.807, 2.05) is 0 Å². The summed E-state index contributed by atoms with van der Waals surface area (Å²) in [7, 11) is 0. The topological polar surface area (TPSA) is 56.0 Å². The highest BCUT2D eigenvalue weighted by Crippen LogP contribution is 2.34. The van der Waals surface area contributed by atoms with Gasteiger partial charge in [-0.05, 0) is 0 Å². The van der Waals surface area contributed by atoms with Gasteiger partial charge in [0.25, 0.3) is 0 Å². The Kier molecular flexibility index (Phi) is 3.25. The average molecular weight is 260 g/mol. The Labute approximate surface area is 89.0 Å². The highest BCUT2D eigenvalue weighted by Gasteiger charge is 2.41. The number of hydrogen-bond acceptors (Lipinski definition) is 3. The van der Waals surface area contributed by atoms with Crippen LogP contribution in [0.15, 0.2) is 0 Å². The van der Waals surface area contributed by atoms with Gasteiger partial charge in [0.2, 0.25) is 12.5 Å². The predicted molar refractivity (Wildman–Crippen MR) is 39.8 cm³/mol. The highest BCUT2D eigenvalue weighted by molar-refractivity contribution is 5.22. The smallest absolute Gasteiger partial charge is 0.264 e. The second kappa shape index (κ2) is 4.18. The first-order valence-electron chi connectivity index (χ1n) is 3.87. The number of aromatic nitrogens is 1. The SMILES string of the molecule is O=[N+]([O-])Cc1nc(F)c(C(F)(F)F)c(F)c1F. The van der Waals surface area contributed by atoms with Gasteiger partial charge in [0.1, 0.15) is 5.56 Å². The van der Waals surface area contributed by atoms with Crippen LogP contribution in [0.4, 0.5) is 26.3 Å². The molecule has 0 unspecified atom stereocenters. The van der Waals surface area contributed by atoms with Gasteiger partial charge in [-0.15, -0.1) is 0 Å². The fraction of sp³-hybridized carbons (Fsp3) is 0.286. The zero-order valence-corrected chi connectivity index (χ0v) is 7.69. The van der Waals surface area contributed by atoms with E-state index in [0.717, 1.165) is 0 Å². The predicted octanol–water partition coefficient (Wildman–Crippen LogP) is 2.29. The van der Waals surface area contributed by atoms with Gasteiger partial charge in [-0.3, -0.25) is 10.1 Å². The van der Waals surface area contributed by atoms with E-state index >= 15 is 0 Å².